The highest BCUT2D eigenvalue weighted by atomic mass is 16.5. The molecule has 1 saturated heterocycles. The summed E-state index contributed by atoms with van der Waals surface area (Å²) < 4.78 is 12.2. The Morgan fingerprint density at radius 1 is 1.67 bits per heavy atom. The molecule has 2 aromatic rings. The molecule has 0 unspecified atom stereocenters. The summed E-state index contributed by atoms with van der Waals surface area (Å²) in [4.78, 5) is 18.6. The molecule has 9 heteroatoms. The first-order chi connectivity index (χ1) is 10.1. The van der Waals surface area contributed by atoms with Gasteiger partial charge in [0.25, 0.3) is 0 Å². The molecular weight excluding hydrogens is 278 g/mol. The second kappa shape index (κ2) is 5.21. The zero-order valence-corrected chi connectivity index (χ0v) is 11.2. The van der Waals surface area contributed by atoms with Gasteiger partial charge in [-0.15, -0.1) is 0 Å². The number of rotatable bonds is 3. The van der Waals surface area contributed by atoms with Crippen molar-refractivity contribution in [2.75, 3.05) is 6.61 Å². The lowest BCUT2D eigenvalue weighted by atomic mass is 10.1. The van der Waals surface area contributed by atoms with Crippen LogP contribution in [-0.2, 0) is 4.74 Å². The van der Waals surface area contributed by atoms with E-state index in [1.165, 1.54) is 4.57 Å². The molecule has 110 valence electrons. The van der Waals surface area contributed by atoms with Gasteiger partial charge in [-0.2, -0.15) is 4.98 Å². The van der Waals surface area contributed by atoms with Crippen LogP contribution in [0.15, 0.2) is 26.6 Å². The molecule has 9 nitrogen and oxygen atoms in total. The van der Waals surface area contributed by atoms with Gasteiger partial charge in [-0.25, -0.2) is 4.79 Å². The summed E-state index contributed by atoms with van der Waals surface area (Å²) in [5.74, 6) is 0.655. The maximum atomic E-state index is 12.0. The first kappa shape index (κ1) is 13.6. The van der Waals surface area contributed by atoms with Crippen LogP contribution < -0.4 is 5.69 Å². The Bertz CT molecular complexity index is 776. The number of hydrogen-bond acceptors (Lipinski definition) is 6. The van der Waals surface area contributed by atoms with Crippen molar-refractivity contribution >= 4 is 11.1 Å². The van der Waals surface area contributed by atoms with Crippen molar-refractivity contribution in [1.82, 2.24) is 9.55 Å². The minimum absolute atomic E-state index is 0.275. The van der Waals surface area contributed by atoms with Crippen molar-refractivity contribution in [1.29, 1.82) is 0 Å². The lowest BCUT2D eigenvalue weighted by molar-refractivity contribution is -0.0268. The molecular formula is C12H13N5O4. The first-order valence-corrected chi connectivity index (χ1v) is 6.42. The Balaban J connectivity index is 1.99. The maximum Gasteiger partial charge on any atom is 0.353 e. The summed E-state index contributed by atoms with van der Waals surface area (Å²) in [6, 6.07) is 1.25. The maximum absolute atomic E-state index is 12.0. The van der Waals surface area contributed by atoms with Crippen LogP contribution in [0.2, 0.25) is 0 Å². The highest BCUT2D eigenvalue weighted by Gasteiger charge is 2.35. The van der Waals surface area contributed by atoms with Gasteiger partial charge in [0, 0.05) is 17.5 Å². The summed E-state index contributed by atoms with van der Waals surface area (Å²) in [7, 11) is 0. The summed E-state index contributed by atoms with van der Waals surface area (Å²) in [6.07, 6.45) is 0.648. The SMILES string of the molecule is Cc1cc2cn([C@H]3C[C@H](N=[N+]=[N-])[C@@H](CO)O3)c(=O)nc2o1. The Kier molecular flexibility index (Phi) is 3.38. The van der Waals surface area contributed by atoms with E-state index < -0.39 is 24.1 Å². The molecule has 0 radical (unpaired) electrons. The van der Waals surface area contributed by atoms with Crippen molar-refractivity contribution in [2.45, 2.75) is 31.7 Å². The molecule has 2 aromatic heterocycles. The number of azide groups is 1. The predicted octanol–water partition coefficient (Wildman–Crippen LogP) is 1.26. The quantitative estimate of drug-likeness (QED) is 0.517. The molecule has 0 aromatic carbocycles. The molecule has 1 aliphatic heterocycles. The van der Waals surface area contributed by atoms with Crippen LogP contribution in [0.3, 0.4) is 0 Å². The van der Waals surface area contributed by atoms with Crippen molar-refractivity contribution in [3.05, 3.63) is 39.0 Å². The number of hydrogen-bond donors (Lipinski definition) is 1. The molecule has 21 heavy (non-hydrogen) atoms. The van der Waals surface area contributed by atoms with Gasteiger partial charge in [-0.05, 0) is 18.5 Å². The fourth-order valence-corrected chi connectivity index (χ4v) is 2.50. The fourth-order valence-electron chi connectivity index (χ4n) is 2.50. The van der Waals surface area contributed by atoms with Gasteiger partial charge in [0.15, 0.2) is 0 Å². The Hall–Kier alpha value is -2.35. The van der Waals surface area contributed by atoms with Crippen molar-refractivity contribution in [3.63, 3.8) is 0 Å². The number of aliphatic hydroxyl groups excluding tert-OH is 1. The predicted molar refractivity (Wildman–Crippen MR) is 71.6 cm³/mol. The standard InChI is InChI=1S/C12H13N5O4/c1-6-2-7-4-17(12(19)14-11(7)20-6)10-3-8(15-16-13)9(5-18)21-10/h2,4,8-10,18H,3,5H2,1H3/t8-,9+,10+/m0/s1. The molecule has 3 rings (SSSR count). The Morgan fingerprint density at radius 3 is 3.19 bits per heavy atom. The van der Waals surface area contributed by atoms with E-state index in [0.29, 0.717) is 17.6 Å². The number of aryl methyl sites for hydroxylation is 1. The van der Waals surface area contributed by atoms with Crippen molar-refractivity contribution < 1.29 is 14.3 Å². The highest BCUT2D eigenvalue weighted by Crippen LogP contribution is 2.30. The van der Waals surface area contributed by atoms with Crippen LogP contribution in [0, 0.1) is 6.92 Å². The van der Waals surface area contributed by atoms with Gasteiger partial charge in [0.1, 0.15) is 12.0 Å². The van der Waals surface area contributed by atoms with Crippen LogP contribution in [-0.4, -0.2) is 33.4 Å². The van der Waals surface area contributed by atoms with Crippen LogP contribution in [0.1, 0.15) is 18.4 Å². The van der Waals surface area contributed by atoms with Gasteiger partial charge in [0.2, 0.25) is 5.71 Å². The summed E-state index contributed by atoms with van der Waals surface area (Å²) in [6.45, 7) is 1.48. The van der Waals surface area contributed by atoms with E-state index in [0.717, 1.165) is 0 Å². The lowest BCUT2D eigenvalue weighted by Gasteiger charge is -2.14. The zero-order valence-electron chi connectivity index (χ0n) is 11.2. The van der Waals surface area contributed by atoms with E-state index in [-0.39, 0.29) is 12.3 Å². The smallest absolute Gasteiger partial charge is 0.353 e. The van der Waals surface area contributed by atoms with Crippen LogP contribution in [0.4, 0.5) is 0 Å². The number of aromatic nitrogens is 2. The molecule has 1 N–H and O–H groups in total. The van der Waals surface area contributed by atoms with Gasteiger partial charge in [0.05, 0.1) is 24.1 Å². The van der Waals surface area contributed by atoms with Gasteiger partial charge in [-0.1, -0.05) is 5.11 Å². The fraction of sp³-hybridized carbons (Fsp3) is 0.500. The minimum atomic E-state index is -0.628. The normalized spacial score (nSPS) is 25.1. The summed E-state index contributed by atoms with van der Waals surface area (Å²) in [5, 5.41) is 13.5. The molecule has 1 fully saturated rings. The van der Waals surface area contributed by atoms with E-state index in [9.17, 15) is 9.90 Å². The largest absolute Gasteiger partial charge is 0.443 e. The van der Waals surface area contributed by atoms with E-state index in [2.05, 4.69) is 15.0 Å². The average molecular weight is 291 g/mol. The molecule has 0 saturated carbocycles. The second-order valence-electron chi connectivity index (χ2n) is 4.87. The molecule has 3 atom stereocenters. The van der Waals surface area contributed by atoms with Crippen LogP contribution in [0.25, 0.3) is 21.5 Å². The van der Waals surface area contributed by atoms with Crippen molar-refractivity contribution in [3.8, 4) is 0 Å². The van der Waals surface area contributed by atoms with E-state index in [1.54, 1.807) is 19.2 Å². The number of aliphatic hydroxyl groups is 1. The van der Waals surface area contributed by atoms with Crippen molar-refractivity contribution in [2.24, 2.45) is 5.11 Å². The average Bonchev–Trinajstić information content (AvgIpc) is 3.00. The molecule has 0 spiro atoms. The van der Waals surface area contributed by atoms with Gasteiger partial charge in [-0.3, -0.25) is 4.57 Å². The molecule has 0 aliphatic carbocycles. The van der Waals surface area contributed by atoms with Crippen LogP contribution in [0.5, 0.6) is 0 Å². The van der Waals surface area contributed by atoms with Crippen LogP contribution >= 0.6 is 0 Å². The first-order valence-electron chi connectivity index (χ1n) is 6.42. The van der Waals surface area contributed by atoms with E-state index in [4.69, 9.17) is 14.7 Å². The van der Waals surface area contributed by atoms with Gasteiger partial charge < -0.3 is 14.3 Å². The number of ether oxygens (including phenoxy) is 1. The van der Waals surface area contributed by atoms with Gasteiger partial charge >= 0.3 is 5.69 Å². The lowest BCUT2D eigenvalue weighted by Crippen LogP contribution is -2.27. The molecule has 3 heterocycles. The van der Waals surface area contributed by atoms with E-state index >= 15 is 0 Å². The Morgan fingerprint density at radius 2 is 2.48 bits per heavy atom. The van der Waals surface area contributed by atoms with E-state index in [1.807, 2.05) is 0 Å². The number of fused-ring (bicyclic) bond motifs is 1. The third-order valence-corrected chi connectivity index (χ3v) is 3.45. The topological polar surface area (TPSA) is 126 Å². The summed E-state index contributed by atoms with van der Waals surface area (Å²) in [5.41, 5.74) is 8.28. The molecule has 1 aliphatic rings. The molecule has 0 bridgehead atoms. The minimum Gasteiger partial charge on any atom is -0.443 e. The monoisotopic (exact) mass is 291 g/mol. The highest BCUT2D eigenvalue weighted by molar-refractivity contribution is 5.72. The third-order valence-electron chi connectivity index (χ3n) is 3.45. The zero-order chi connectivity index (χ0) is 15.0. The Labute approximate surface area is 118 Å². The number of furan rings is 1. The third kappa shape index (κ3) is 2.38. The molecule has 0 amide bonds. The number of nitrogens with zero attached hydrogens (tertiary/aromatic N) is 5. The second-order valence-corrected chi connectivity index (χ2v) is 4.87. The summed E-state index contributed by atoms with van der Waals surface area (Å²) >= 11 is 0.